The molecule has 0 fully saturated rings. The molecule has 0 saturated heterocycles. The number of rotatable bonds is 12. The van der Waals surface area contributed by atoms with E-state index in [-0.39, 0.29) is 6.10 Å². The Morgan fingerprint density at radius 1 is 0.875 bits per heavy atom. The normalized spacial score (nSPS) is 12.9. The molecule has 0 rings (SSSR count). The van der Waals surface area contributed by atoms with Gasteiger partial charge in [0, 0.05) is 0 Å². The number of aliphatic hydroxyl groups is 1. The monoisotopic (exact) mass is 229 g/mol. The molecule has 1 atom stereocenters. The van der Waals surface area contributed by atoms with E-state index in [1.54, 1.807) is 0 Å². The fourth-order valence-electron chi connectivity index (χ4n) is 1.85. The third-order valence-electron chi connectivity index (χ3n) is 2.93. The van der Waals surface area contributed by atoms with E-state index >= 15 is 0 Å². The van der Waals surface area contributed by atoms with Crippen molar-refractivity contribution >= 4 is 0 Å². The molecule has 0 aromatic heterocycles. The van der Waals surface area contributed by atoms with Crippen LogP contribution in [0.1, 0.15) is 71.6 Å². The Hall–Kier alpha value is -0.0800. The van der Waals surface area contributed by atoms with E-state index in [2.05, 4.69) is 12.2 Å². The summed E-state index contributed by atoms with van der Waals surface area (Å²) in [6, 6.07) is 0. The van der Waals surface area contributed by atoms with Gasteiger partial charge in [-0.1, -0.05) is 39.0 Å². The first kappa shape index (κ1) is 15.9. The molecule has 0 bridgehead atoms. The van der Waals surface area contributed by atoms with Crippen LogP contribution in [0.4, 0.5) is 0 Å². The summed E-state index contributed by atoms with van der Waals surface area (Å²) in [5.74, 6) is 0. The minimum absolute atomic E-state index is 0.126. The van der Waals surface area contributed by atoms with Gasteiger partial charge in [-0.25, -0.2) is 0 Å². The van der Waals surface area contributed by atoms with Crippen molar-refractivity contribution in [2.45, 2.75) is 77.7 Å². The molecule has 0 aliphatic heterocycles. The molecule has 1 unspecified atom stereocenters. The second-order valence-corrected chi connectivity index (χ2v) is 4.86. The summed E-state index contributed by atoms with van der Waals surface area (Å²) in [4.78, 5) is 0. The molecule has 0 aromatic carbocycles. The minimum atomic E-state index is -0.126. The van der Waals surface area contributed by atoms with Gasteiger partial charge < -0.3 is 10.4 Å². The zero-order valence-electron chi connectivity index (χ0n) is 11.3. The van der Waals surface area contributed by atoms with Crippen molar-refractivity contribution in [3.63, 3.8) is 0 Å². The van der Waals surface area contributed by atoms with E-state index in [4.69, 9.17) is 5.11 Å². The van der Waals surface area contributed by atoms with Crippen LogP contribution in [0.25, 0.3) is 0 Å². The van der Waals surface area contributed by atoms with Gasteiger partial charge in [0.15, 0.2) is 0 Å². The Kier molecular flexibility index (Phi) is 12.9. The molecule has 0 amide bonds. The summed E-state index contributed by atoms with van der Waals surface area (Å²) in [6.07, 6.45) is 11.4. The summed E-state index contributed by atoms with van der Waals surface area (Å²) < 4.78 is 0. The molecule has 98 valence electrons. The van der Waals surface area contributed by atoms with Crippen molar-refractivity contribution in [2.75, 3.05) is 13.1 Å². The second kappa shape index (κ2) is 13.0. The van der Waals surface area contributed by atoms with Gasteiger partial charge in [-0.15, -0.1) is 0 Å². The standard InChI is InChI=1S/C14H31NO/c1-3-4-5-6-7-9-12-15-13-10-8-11-14(2)16/h14-16H,3-13H2,1-2H3. The first-order valence-corrected chi connectivity index (χ1v) is 7.16. The van der Waals surface area contributed by atoms with Gasteiger partial charge in [0.2, 0.25) is 0 Å². The summed E-state index contributed by atoms with van der Waals surface area (Å²) in [5, 5.41) is 12.5. The van der Waals surface area contributed by atoms with Crippen LogP contribution < -0.4 is 5.32 Å². The van der Waals surface area contributed by atoms with Crippen molar-refractivity contribution in [3.05, 3.63) is 0 Å². The van der Waals surface area contributed by atoms with Crippen molar-refractivity contribution in [2.24, 2.45) is 0 Å². The lowest BCUT2D eigenvalue weighted by molar-refractivity contribution is 0.180. The first-order chi connectivity index (χ1) is 7.77. The number of aliphatic hydroxyl groups excluding tert-OH is 1. The average molecular weight is 229 g/mol. The Morgan fingerprint density at radius 3 is 2.06 bits per heavy atom. The molecule has 2 nitrogen and oxygen atoms in total. The quantitative estimate of drug-likeness (QED) is 0.502. The zero-order chi connectivity index (χ0) is 12.1. The van der Waals surface area contributed by atoms with Crippen LogP contribution >= 0.6 is 0 Å². The van der Waals surface area contributed by atoms with E-state index in [1.807, 2.05) is 6.92 Å². The molecule has 0 aliphatic rings. The van der Waals surface area contributed by atoms with Gasteiger partial charge in [0.25, 0.3) is 0 Å². The molecule has 0 radical (unpaired) electrons. The van der Waals surface area contributed by atoms with E-state index in [0.29, 0.717) is 0 Å². The van der Waals surface area contributed by atoms with Crippen LogP contribution in [-0.2, 0) is 0 Å². The highest BCUT2D eigenvalue weighted by atomic mass is 16.3. The second-order valence-electron chi connectivity index (χ2n) is 4.86. The maximum absolute atomic E-state index is 9.08. The van der Waals surface area contributed by atoms with Gasteiger partial charge in [-0.2, -0.15) is 0 Å². The largest absolute Gasteiger partial charge is 0.393 e. The van der Waals surface area contributed by atoms with Crippen LogP contribution in [0.3, 0.4) is 0 Å². The maximum Gasteiger partial charge on any atom is 0.0512 e. The third-order valence-corrected chi connectivity index (χ3v) is 2.93. The topological polar surface area (TPSA) is 32.3 Å². The van der Waals surface area contributed by atoms with Crippen molar-refractivity contribution in [1.82, 2.24) is 5.32 Å². The van der Waals surface area contributed by atoms with E-state index in [1.165, 1.54) is 51.5 Å². The van der Waals surface area contributed by atoms with Gasteiger partial charge in [0.1, 0.15) is 0 Å². The van der Waals surface area contributed by atoms with Crippen molar-refractivity contribution in [3.8, 4) is 0 Å². The van der Waals surface area contributed by atoms with E-state index in [9.17, 15) is 0 Å². The Morgan fingerprint density at radius 2 is 1.44 bits per heavy atom. The average Bonchev–Trinajstić information content (AvgIpc) is 2.25. The van der Waals surface area contributed by atoms with Crippen molar-refractivity contribution < 1.29 is 5.11 Å². The van der Waals surface area contributed by atoms with Crippen LogP contribution in [-0.4, -0.2) is 24.3 Å². The van der Waals surface area contributed by atoms with E-state index < -0.39 is 0 Å². The molecule has 0 saturated carbocycles. The minimum Gasteiger partial charge on any atom is -0.393 e. The number of unbranched alkanes of at least 4 members (excludes halogenated alkanes) is 6. The Labute approximate surface area is 102 Å². The van der Waals surface area contributed by atoms with Crippen LogP contribution in [0.2, 0.25) is 0 Å². The molecule has 0 spiro atoms. The van der Waals surface area contributed by atoms with Gasteiger partial charge >= 0.3 is 0 Å². The molecule has 2 heteroatoms. The summed E-state index contributed by atoms with van der Waals surface area (Å²) in [7, 11) is 0. The molecule has 0 heterocycles. The molecular formula is C14H31NO. The lowest BCUT2D eigenvalue weighted by Crippen LogP contribution is -2.17. The van der Waals surface area contributed by atoms with Gasteiger partial charge in [-0.05, 0) is 45.7 Å². The third kappa shape index (κ3) is 13.9. The summed E-state index contributed by atoms with van der Waals surface area (Å²) >= 11 is 0. The van der Waals surface area contributed by atoms with Crippen LogP contribution in [0.15, 0.2) is 0 Å². The molecular weight excluding hydrogens is 198 g/mol. The molecule has 16 heavy (non-hydrogen) atoms. The number of hydrogen-bond donors (Lipinski definition) is 2. The molecule has 2 N–H and O–H groups in total. The van der Waals surface area contributed by atoms with Crippen molar-refractivity contribution in [1.29, 1.82) is 0 Å². The van der Waals surface area contributed by atoms with Crippen LogP contribution in [0.5, 0.6) is 0 Å². The zero-order valence-corrected chi connectivity index (χ0v) is 11.3. The Bertz CT molecular complexity index is 126. The van der Waals surface area contributed by atoms with Gasteiger partial charge in [0.05, 0.1) is 6.10 Å². The summed E-state index contributed by atoms with van der Waals surface area (Å²) in [5.41, 5.74) is 0. The maximum atomic E-state index is 9.08. The molecule has 0 aromatic rings. The number of nitrogens with one attached hydrogen (secondary N) is 1. The number of hydrogen-bond acceptors (Lipinski definition) is 2. The predicted octanol–water partition coefficient (Wildman–Crippen LogP) is 3.49. The lowest BCUT2D eigenvalue weighted by atomic mass is 10.1. The highest BCUT2D eigenvalue weighted by Crippen LogP contribution is 2.04. The summed E-state index contributed by atoms with van der Waals surface area (Å²) in [6.45, 7) is 6.40. The highest BCUT2D eigenvalue weighted by molar-refractivity contribution is 4.52. The van der Waals surface area contributed by atoms with Gasteiger partial charge in [-0.3, -0.25) is 0 Å². The fraction of sp³-hybridized carbons (Fsp3) is 1.00. The Balaban J connectivity index is 2.88. The predicted molar refractivity (Wildman–Crippen MR) is 71.8 cm³/mol. The van der Waals surface area contributed by atoms with Crippen LogP contribution in [0, 0.1) is 0 Å². The van der Waals surface area contributed by atoms with E-state index in [0.717, 1.165) is 19.4 Å². The lowest BCUT2D eigenvalue weighted by Gasteiger charge is -2.06. The fourth-order valence-corrected chi connectivity index (χ4v) is 1.85. The first-order valence-electron chi connectivity index (χ1n) is 7.16. The smallest absolute Gasteiger partial charge is 0.0512 e. The highest BCUT2D eigenvalue weighted by Gasteiger charge is 1.95. The molecule has 0 aliphatic carbocycles. The SMILES string of the molecule is CCCCCCCCNCCCCC(C)O.